The molecule has 20 heavy (non-hydrogen) atoms. The minimum Gasteiger partial charge on any atom is -0.306 e. The summed E-state index contributed by atoms with van der Waals surface area (Å²) in [4.78, 5) is 9.00. The van der Waals surface area contributed by atoms with Gasteiger partial charge in [-0.25, -0.2) is 14.4 Å². The van der Waals surface area contributed by atoms with E-state index in [2.05, 4.69) is 25.9 Å². The Morgan fingerprint density at radius 1 is 1.20 bits per heavy atom. The highest BCUT2D eigenvalue weighted by Crippen LogP contribution is 2.26. The zero-order valence-electron chi connectivity index (χ0n) is 11.1. The van der Waals surface area contributed by atoms with Crippen LogP contribution in [0.5, 0.6) is 0 Å². The lowest BCUT2D eigenvalue weighted by Crippen LogP contribution is -2.09. The van der Waals surface area contributed by atoms with E-state index in [1.165, 1.54) is 6.07 Å². The second-order valence-corrected chi connectivity index (χ2v) is 5.55. The van der Waals surface area contributed by atoms with E-state index < -0.39 is 0 Å². The van der Waals surface area contributed by atoms with Crippen LogP contribution in [-0.4, -0.2) is 14.5 Å². The van der Waals surface area contributed by atoms with Gasteiger partial charge in [0.25, 0.3) is 0 Å². The van der Waals surface area contributed by atoms with Crippen LogP contribution in [0, 0.1) is 12.7 Å². The van der Waals surface area contributed by atoms with Crippen LogP contribution < -0.4 is 0 Å². The van der Waals surface area contributed by atoms with E-state index >= 15 is 0 Å². The SMILES string of the molecule is Cc1nc2ccc(Br)nc2n1C(C)c1cccc(F)c1. The zero-order chi connectivity index (χ0) is 14.3. The van der Waals surface area contributed by atoms with Gasteiger partial charge in [-0.1, -0.05) is 12.1 Å². The van der Waals surface area contributed by atoms with Crippen LogP contribution in [0.4, 0.5) is 4.39 Å². The van der Waals surface area contributed by atoms with E-state index in [4.69, 9.17) is 0 Å². The first-order valence-electron chi connectivity index (χ1n) is 6.33. The number of pyridine rings is 1. The van der Waals surface area contributed by atoms with Gasteiger partial charge in [-0.05, 0) is 59.6 Å². The van der Waals surface area contributed by atoms with Gasteiger partial charge in [0.2, 0.25) is 0 Å². The molecule has 1 aromatic carbocycles. The van der Waals surface area contributed by atoms with Crippen LogP contribution in [0.15, 0.2) is 41.0 Å². The van der Waals surface area contributed by atoms with Crippen molar-refractivity contribution in [3.05, 3.63) is 58.2 Å². The van der Waals surface area contributed by atoms with Crippen molar-refractivity contribution in [3.8, 4) is 0 Å². The number of fused-ring (bicyclic) bond motifs is 1. The van der Waals surface area contributed by atoms with Crippen molar-refractivity contribution in [2.24, 2.45) is 0 Å². The van der Waals surface area contributed by atoms with Gasteiger partial charge >= 0.3 is 0 Å². The molecule has 0 radical (unpaired) electrons. The second-order valence-electron chi connectivity index (χ2n) is 4.74. The van der Waals surface area contributed by atoms with Crippen LogP contribution in [0.25, 0.3) is 11.2 Å². The number of hydrogen-bond acceptors (Lipinski definition) is 2. The Balaban J connectivity index is 2.18. The Labute approximate surface area is 124 Å². The molecule has 3 nitrogen and oxygen atoms in total. The number of benzene rings is 1. The molecule has 3 aromatic rings. The van der Waals surface area contributed by atoms with Crippen LogP contribution in [-0.2, 0) is 0 Å². The molecule has 3 rings (SSSR count). The van der Waals surface area contributed by atoms with E-state index in [0.717, 1.165) is 27.2 Å². The number of hydrogen-bond donors (Lipinski definition) is 0. The van der Waals surface area contributed by atoms with E-state index in [0.29, 0.717) is 0 Å². The van der Waals surface area contributed by atoms with Gasteiger partial charge in [-0.2, -0.15) is 0 Å². The maximum atomic E-state index is 13.4. The van der Waals surface area contributed by atoms with Crippen molar-refractivity contribution in [2.45, 2.75) is 19.9 Å². The molecule has 0 aliphatic rings. The summed E-state index contributed by atoms with van der Waals surface area (Å²) in [5.74, 6) is 0.632. The maximum absolute atomic E-state index is 13.4. The van der Waals surface area contributed by atoms with E-state index in [1.807, 2.05) is 36.6 Å². The highest BCUT2D eigenvalue weighted by atomic mass is 79.9. The summed E-state index contributed by atoms with van der Waals surface area (Å²) in [6.45, 7) is 3.96. The van der Waals surface area contributed by atoms with Crippen LogP contribution in [0.3, 0.4) is 0 Å². The van der Waals surface area contributed by atoms with E-state index in [9.17, 15) is 4.39 Å². The highest BCUT2D eigenvalue weighted by Gasteiger charge is 2.16. The Morgan fingerprint density at radius 2 is 2.00 bits per heavy atom. The Kier molecular flexibility index (Phi) is 3.30. The van der Waals surface area contributed by atoms with Gasteiger partial charge in [0.15, 0.2) is 5.65 Å². The fraction of sp³-hybridized carbons (Fsp3) is 0.200. The first-order chi connectivity index (χ1) is 9.56. The van der Waals surface area contributed by atoms with Gasteiger partial charge in [0, 0.05) is 0 Å². The molecule has 102 valence electrons. The van der Waals surface area contributed by atoms with Crippen molar-refractivity contribution < 1.29 is 4.39 Å². The van der Waals surface area contributed by atoms with E-state index in [1.54, 1.807) is 12.1 Å². The van der Waals surface area contributed by atoms with Crippen LogP contribution in [0.2, 0.25) is 0 Å². The molecule has 0 aliphatic carbocycles. The minimum atomic E-state index is -0.231. The topological polar surface area (TPSA) is 30.7 Å². The maximum Gasteiger partial charge on any atom is 0.161 e. The Hall–Kier alpha value is -1.75. The third-order valence-corrected chi connectivity index (χ3v) is 3.84. The largest absolute Gasteiger partial charge is 0.306 e. The van der Waals surface area contributed by atoms with Gasteiger partial charge in [0.1, 0.15) is 21.8 Å². The first kappa shape index (κ1) is 13.2. The molecule has 0 spiro atoms. The summed E-state index contributed by atoms with van der Waals surface area (Å²) < 4.78 is 16.2. The predicted molar refractivity (Wildman–Crippen MR) is 80.2 cm³/mol. The lowest BCUT2D eigenvalue weighted by molar-refractivity contribution is 0.602. The Morgan fingerprint density at radius 3 is 2.75 bits per heavy atom. The number of nitrogens with zero attached hydrogens (tertiary/aromatic N) is 3. The summed E-state index contributed by atoms with van der Waals surface area (Å²) in [6.07, 6.45) is 0. The molecule has 1 unspecified atom stereocenters. The van der Waals surface area contributed by atoms with Crippen molar-refractivity contribution in [1.82, 2.24) is 14.5 Å². The summed E-state index contributed by atoms with van der Waals surface area (Å²) in [5.41, 5.74) is 2.54. The molecule has 2 aromatic heterocycles. The monoisotopic (exact) mass is 333 g/mol. The molecule has 0 bridgehead atoms. The second kappa shape index (κ2) is 4.98. The molecular weight excluding hydrogens is 321 g/mol. The normalized spacial score (nSPS) is 12.8. The third kappa shape index (κ3) is 2.22. The molecule has 0 aliphatic heterocycles. The number of imidazole rings is 1. The molecule has 0 N–H and O–H groups in total. The molecule has 1 atom stereocenters. The molecule has 0 saturated carbocycles. The van der Waals surface area contributed by atoms with Crippen molar-refractivity contribution >= 4 is 27.1 Å². The number of aromatic nitrogens is 3. The quantitative estimate of drug-likeness (QED) is 0.656. The summed E-state index contributed by atoms with van der Waals surface area (Å²) in [6, 6.07) is 10.4. The molecule has 2 heterocycles. The minimum absolute atomic E-state index is 0.0301. The highest BCUT2D eigenvalue weighted by molar-refractivity contribution is 9.10. The van der Waals surface area contributed by atoms with Crippen molar-refractivity contribution in [1.29, 1.82) is 0 Å². The molecule has 0 fully saturated rings. The fourth-order valence-corrected chi connectivity index (χ4v) is 2.74. The third-order valence-electron chi connectivity index (χ3n) is 3.40. The average Bonchev–Trinajstić information content (AvgIpc) is 2.73. The first-order valence-corrected chi connectivity index (χ1v) is 7.12. The van der Waals surface area contributed by atoms with Gasteiger partial charge in [-0.3, -0.25) is 0 Å². The molecule has 0 saturated heterocycles. The van der Waals surface area contributed by atoms with Crippen LogP contribution >= 0.6 is 15.9 Å². The average molecular weight is 334 g/mol. The summed E-state index contributed by atoms with van der Waals surface area (Å²) >= 11 is 3.38. The zero-order valence-corrected chi connectivity index (χ0v) is 12.7. The van der Waals surface area contributed by atoms with Crippen molar-refractivity contribution in [3.63, 3.8) is 0 Å². The van der Waals surface area contributed by atoms with Gasteiger partial charge in [-0.15, -0.1) is 0 Å². The van der Waals surface area contributed by atoms with Crippen molar-refractivity contribution in [2.75, 3.05) is 0 Å². The van der Waals surface area contributed by atoms with Gasteiger partial charge in [0.05, 0.1) is 6.04 Å². The van der Waals surface area contributed by atoms with E-state index in [-0.39, 0.29) is 11.9 Å². The standard InChI is InChI=1S/C15H13BrFN3/c1-9(11-4-3-5-12(17)8-11)20-10(2)18-13-6-7-14(16)19-15(13)20/h3-9H,1-2H3. The molecule has 5 heteroatoms. The Bertz CT molecular complexity index is 782. The van der Waals surface area contributed by atoms with Crippen LogP contribution in [0.1, 0.15) is 24.4 Å². The molecular formula is C15H13BrFN3. The smallest absolute Gasteiger partial charge is 0.161 e. The predicted octanol–water partition coefficient (Wildman–Crippen LogP) is 4.25. The number of rotatable bonds is 2. The lowest BCUT2D eigenvalue weighted by atomic mass is 10.1. The van der Waals surface area contributed by atoms with Gasteiger partial charge < -0.3 is 4.57 Å². The number of halogens is 2. The summed E-state index contributed by atoms with van der Waals surface area (Å²) in [5, 5.41) is 0. The summed E-state index contributed by atoms with van der Waals surface area (Å²) in [7, 11) is 0. The fourth-order valence-electron chi connectivity index (χ4n) is 2.44. The lowest BCUT2D eigenvalue weighted by Gasteiger charge is -2.16. The number of aryl methyl sites for hydroxylation is 1. The molecule has 0 amide bonds.